The minimum absolute atomic E-state index is 0.137. The van der Waals surface area contributed by atoms with Crippen LogP contribution in [0.25, 0.3) is 0 Å². The zero-order valence-electron chi connectivity index (χ0n) is 17.6. The fourth-order valence-electron chi connectivity index (χ4n) is 2.40. The molecule has 29 heavy (non-hydrogen) atoms. The van der Waals surface area contributed by atoms with Gasteiger partial charge < -0.3 is 25.4 Å². The maximum atomic E-state index is 12.6. The SMILES string of the molecule is [CH2]c1ccc(NC(=O)[C@H](C)NC(=O)[C@@H](NC(=O)CCOCCOC)C(C)C)cc1. The Morgan fingerprint density at radius 1 is 0.966 bits per heavy atom. The van der Waals surface area contributed by atoms with Crippen molar-refractivity contribution in [1.82, 2.24) is 10.6 Å². The van der Waals surface area contributed by atoms with E-state index in [1.807, 2.05) is 13.8 Å². The zero-order valence-corrected chi connectivity index (χ0v) is 17.6. The standard InChI is InChI=1S/C21H32N3O5/c1-14(2)19(24-18(25)10-11-29-13-12-28-5)21(27)22-16(4)20(26)23-17-8-6-15(3)7-9-17/h6-9,14,16,19H,3,10-13H2,1-2,4-5H3,(H,22,27)(H,23,26)(H,24,25)/t16-,19-/m0/s1. The molecule has 0 saturated carbocycles. The number of hydrogen-bond donors (Lipinski definition) is 3. The van der Waals surface area contributed by atoms with Gasteiger partial charge in [-0.1, -0.05) is 26.0 Å². The van der Waals surface area contributed by atoms with Crippen molar-refractivity contribution < 1.29 is 23.9 Å². The molecular weight excluding hydrogens is 374 g/mol. The molecule has 0 heterocycles. The first kappa shape index (κ1) is 24.6. The topological polar surface area (TPSA) is 106 Å². The van der Waals surface area contributed by atoms with Gasteiger partial charge in [0.2, 0.25) is 17.7 Å². The highest BCUT2D eigenvalue weighted by Gasteiger charge is 2.26. The van der Waals surface area contributed by atoms with Crippen molar-refractivity contribution >= 4 is 23.4 Å². The molecular formula is C21H32N3O5. The van der Waals surface area contributed by atoms with Crippen molar-refractivity contribution in [2.24, 2.45) is 5.92 Å². The number of benzene rings is 1. The highest BCUT2D eigenvalue weighted by Crippen LogP contribution is 2.09. The van der Waals surface area contributed by atoms with Gasteiger partial charge in [0.1, 0.15) is 12.1 Å². The van der Waals surface area contributed by atoms with Crippen LogP contribution >= 0.6 is 0 Å². The average Bonchev–Trinajstić information content (AvgIpc) is 2.67. The van der Waals surface area contributed by atoms with E-state index in [0.29, 0.717) is 18.9 Å². The first-order valence-electron chi connectivity index (χ1n) is 9.64. The summed E-state index contributed by atoms with van der Waals surface area (Å²) < 4.78 is 10.1. The molecule has 1 rings (SSSR count). The Hall–Kier alpha value is -2.45. The lowest BCUT2D eigenvalue weighted by molar-refractivity contribution is -0.132. The van der Waals surface area contributed by atoms with Gasteiger partial charge in [-0.3, -0.25) is 14.4 Å². The summed E-state index contributed by atoms with van der Waals surface area (Å²) in [7, 11) is 1.57. The summed E-state index contributed by atoms with van der Waals surface area (Å²) >= 11 is 0. The lowest BCUT2D eigenvalue weighted by Gasteiger charge is -2.24. The van der Waals surface area contributed by atoms with Crippen LogP contribution in [0.2, 0.25) is 0 Å². The van der Waals surface area contributed by atoms with Crippen molar-refractivity contribution in [2.45, 2.75) is 39.3 Å². The van der Waals surface area contributed by atoms with E-state index in [0.717, 1.165) is 5.56 Å². The lowest BCUT2D eigenvalue weighted by atomic mass is 10.0. The Morgan fingerprint density at radius 2 is 1.62 bits per heavy atom. The summed E-state index contributed by atoms with van der Waals surface area (Å²) in [6.45, 7) is 10.1. The largest absolute Gasteiger partial charge is 0.382 e. The third kappa shape index (κ3) is 9.54. The first-order valence-corrected chi connectivity index (χ1v) is 9.64. The van der Waals surface area contributed by atoms with Crippen molar-refractivity contribution in [1.29, 1.82) is 0 Å². The van der Waals surface area contributed by atoms with Crippen LogP contribution in [0.1, 0.15) is 32.8 Å². The minimum atomic E-state index is -0.766. The van der Waals surface area contributed by atoms with Gasteiger partial charge in [-0.25, -0.2) is 0 Å². The van der Waals surface area contributed by atoms with E-state index >= 15 is 0 Å². The number of nitrogens with one attached hydrogen (secondary N) is 3. The van der Waals surface area contributed by atoms with E-state index in [9.17, 15) is 14.4 Å². The van der Waals surface area contributed by atoms with Gasteiger partial charge in [-0.05, 0) is 37.5 Å². The quantitative estimate of drug-likeness (QED) is 0.456. The molecule has 8 nitrogen and oxygen atoms in total. The normalized spacial score (nSPS) is 12.9. The third-order valence-corrected chi connectivity index (χ3v) is 4.14. The van der Waals surface area contributed by atoms with Gasteiger partial charge in [0.25, 0.3) is 0 Å². The van der Waals surface area contributed by atoms with Crippen LogP contribution in [0.15, 0.2) is 24.3 Å². The van der Waals surface area contributed by atoms with E-state index < -0.39 is 18.0 Å². The van der Waals surface area contributed by atoms with Crippen LogP contribution in [0.5, 0.6) is 0 Å². The molecule has 1 aromatic carbocycles. The first-order chi connectivity index (χ1) is 13.7. The van der Waals surface area contributed by atoms with E-state index in [1.165, 1.54) is 0 Å². The highest BCUT2D eigenvalue weighted by atomic mass is 16.5. The van der Waals surface area contributed by atoms with Crippen LogP contribution in [0, 0.1) is 12.8 Å². The second-order valence-corrected chi connectivity index (χ2v) is 7.06. The Morgan fingerprint density at radius 3 is 2.21 bits per heavy atom. The molecule has 2 atom stereocenters. The van der Waals surface area contributed by atoms with Crippen molar-refractivity contribution in [3.63, 3.8) is 0 Å². The molecule has 0 aliphatic heterocycles. The van der Waals surface area contributed by atoms with Crippen LogP contribution in [0.3, 0.4) is 0 Å². The molecule has 0 aromatic heterocycles. The number of anilines is 1. The number of ether oxygens (including phenoxy) is 2. The lowest BCUT2D eigenvalue weighted by Crippen LogP contribution is -2.53. The number of carbonyl (C=O) groups is 3. The molecule has 0 bridgehead atoms. The summed E-state index contributed by atoms with van der Waals surface area (Å²) in [5.74, 6) is -1.20. The Bertz CT molecular complexity index is 661. The monoisotopic (exact) mass is 406 g/mol. The van der Waals surface area contributed by atoms with Crippen LogP contribution in [-0.4, -0.2) is 56.7 Å². The minimum Gasteiger partial charge on any atom is -0.382 e. The molecule has 0 aliphatic carbocycles. The van der Waals surface area contributed by atoms with Crippen molar-refractivity contribution in [3.05, 3.63) is 36.8 Å². The van der Waals surface area contributed by atoms with Gasteiger partial charge in [0, 0.05) is 19.2 Å². The van der Waals surface area contributed by atoms with Crippen molar-refractivity contribution in [2.75, 3.05) is 32.2 Å². The Kier molecular flexibility index (Phi) is 10.9. The molecule has 0 fully saturated rings. The smallest absolute Gasteiger partial charge is 0.246 e. The van der Waals surface area contributed by atoms with E-state index in [-0.39, 0.29) is 30.8 Å². The highest BCUT2D eigenvalue weighted by molar-refractivity contribution is 5.98. The van der Waals surface area contributed by atoms with Gasteiger partial charge in [-0.2, -0.15) is 0 Å². The Labute approximate surface area is 172 Å². The summed E-state index contributed by atoms with van der Waals surface area (Å²) in [5.41, 5.74) is 1.45. The van der Waals surface area contributed by atoms with Gasteiger partial charge >= 0.3 is 0 Å². The predicted molar refractivity (Wildman–Crippen MR) is 111 cm³/mol. The molecule has 0 aliphatic rings. The number of hydrogen-bond acceptors (Lipinski definition) is 5. The third-order valence-electron chi connectivity index (χ3n) is 4.14. The van der Waals surface area contributed by atoms with Gasteiger partial charge in [0.05, 0.1) is 19.8 Å². The van der Waals surface area contributed by atoms with Crippen molar-refractivity contribution in [3.8, 4) is 0 Å². The second kappa shape index (κ2) is 12.9. The fraction of sp³-hybridized carbons (Fsp3) is 0.524. The van der Waals surface area contributed by atoms with E-state index in [4.69, 9.17) is 9.47 Å². The summed E-state index contributed by atoms with van der Waals surface area (Å²) in [6.07, 6.45) is 0.137. The molecule has 3 N–H and O–H groups in total. The Balaban J connectivity index is 2.52. The maximum Gasteiger partial charge on any atom is 0.246 e. The molecule has 0 saturated heterocycles. The molecule has 0 unspecified atom stereocenters. The molecule has 1 radical (unpaired) electrons. The van der Waals surface area contributed by atoms with Gasteiger partial charge in [0.15, 0.2) is 0 Å². The van der Waals surface area contributed by atoms with Crippen LogP contribution in [0.4, 0.5) is 5.69 Å². The molecule has 161 valence electrons. The summed E-state index contributed by atoms with van der Waals surface area (Å²) in [5, 5.41) is 8.10. The number of methoxy groups -OCH3 is 1. The molecule has 1 aromatic rings. The predicted octanol–water partition coefficient (Wildman–Crippen LogP) is 1.51. The number of rotatable bonds is 12. The average molecular weight is 407 g/mol. The van der Waals surface area contributed by atoms with Crippen LogP contribution in [-0.2, 0) is 23.9 Å². The molecule has 8 heteroatoms. The van der Waals surface area contributed by atoms with E-state index in [2.05, 4.69) is 22.9 Å². The van der Waals surface area contributed by atoms with E-state index in [1.54, 1.807) is 38.3 Å². The van der Waals surface area contributed by atoms with Crippen LogP contribution < -0.4 is 16.0 Å². The van der Waals surface area contributed by atoms with Gasteiger partial charge in [-0.15, -0.1) is 0 Å². The fourth-order valence-corrected chi connectivity index (χ4v) is 2.40. The second-order valence-electron chi connectivity index (χ2n) is 7.06. The molecule has 0 spiro atoms. The summed E-state index contributed by atoms with van der Waals surface area (Å²) in [4.78, 5) is 37.0. The summed E-state index contributed by atoms with van der Waals surface area (Å²) in [6, 6.07) is 5.52. The zero-order chi connectivity index (χ0) is 21.8. The number of amides is 3. The molecule has 3 amide bonds. The number of carbonyl (C=O) groups excluding carboxylic acids is 3. The maximum absolute atomic E-state index is 12.6.